The minimum Gasteiger partial charge on any atom is -0.698 e. The van der Waals surface area contributed by atoms with Crippen LogP contribution in [0.15, 0.2) is 36.7 Å². The van der Waals surface area contributed by atoms with Crippen LogP contribution >= 0.6 is 0 Å². The SMILES string of the molecule is [CH2-][CH-]c1ccc[n-]1.[CH2-][CH-]c1ccc[n-]1.[Ir+3].[Ir+3]. The van der Waals surface area contributed by atoms with Crippen molar-refractivity contribution in [3.63, 3.8) is 0 Å². The molecule has 0 saturated heterocycles. The third kappa shape index (κ3) is 6.97. The summed E-state index contributed by atoms with van der Waals surface area (Å²) >= 11 is 0. The van der Waals surface area contributed by atoms with E-state index in [1.807, 2.05) is 24.3 Å². The van der Waals surface area contributed by atoms with Gasteiger partial charge in [0.2, 0.25) is 0 Å². The van der Waals surface area contributed by atoms with Gasteiger partial charge in [0.1, 0.15) is 0 Å². The summed E-state index contributed by atoms with van der Waals surface area (Å²) in [6.07, 6.45) is 6.94. The zero-order valence-corrected chi connectivity index (χ0v) is 13.4. The van der Waals surface area contributed by atoms with Crippen LogP contribution in [0.5, 0.6) is 0 Å². The van der Waals surface area contributed by atoms with Crippen LogP contribution in [-0.4, -0.2) is 0 Å². The van der Waals surface area contributed by atoms with E-state index < -0.39 is 0 Å². The Morgan fingerprint density at radius 3 is 1.31 bits per heavy atom. The van der Waals surface area contributed by atoms with Gasteiger partial charge in [0.15, 0.2) is 0 Å². The zero-order valence-electron chi connectivity index (χ0n) is 8.59. The Balaban J connectivity index is 0. The van der Waals surface area contributed by atoms with Gasteiger partial charge in [-0.2, -0.15) is 24.5 Å². The summed E-state index contributed by atoms with van der Waals surface area (Å²) in [5.41, 5.74) is 1.89. The third-order valence-corrected chi connectivity index (χ3v) is 1.57. The second-order valence-electron chi connectivity index (χ2n) is 2.53. The van der Waals surface area contributed by atoms with E-state index in [-0.39, 0.29) is 40.2 Å². The van der Waals surface area contributed by atoms with Gasteiger partial charge >= 0.3 is 40.2 Å². The molecular formula is C12H12Ir2N2. The fourth-order valence-corrected chi connectivity index (χ4v) is 0.869. The molecule has 0 aliphatic heterocycles. The molecule has 0 aliphatic carbocycles. The fourth-order valence-electron chi connectivity index (χ4n) is 0.869. The first-order valence-electron chi connectivity index (χ1n) is 4.27. The number of nitrogens with zero attached hydrogens (tertiary/aromatic N) is 2. The maximum absolute atomic E-state index is 3.92. The van der Waals surface area contributed by atoms with Crippen LogP contribution in [-0.2, 0) is 40.2 Å². The van der Waals surface area contributed by atoms with Gasteiger partial charge in [0.25, 0.3) is 0 Å². The number of hydrogen-bond donors (Lipinski definition) is 0. The average Bonchev–Trinajstić information content (AvgIpc) is 2.92. The molecule has 0 radical (unpaired) electrons. The summed E-state index contributed by atoms with van der Waals surface area (Å²) < 4.78 is 0. The number of hydrogen-bond acceptors (Lipinski definition) is 0. The Hall–Kier alpha value is -0.401. The topological polar surface area (TPSA) is 28.2 Å². The van der Waals surface area contributed by atoms with Gasteiger partial charge in [-0.25, -0.2) is 12.1 Å². The summed E-state index contributed by atoms with van der Waals surface area (Å²) in [7, 11) is 0. The molecule has 2 aromatic heterocycles. The number of aromatic nitrogens is 2. The van der Waals surface area contributed by atoms with Crippen molar-refractivity contribution in [2.75, 3.05) is 0 Å². The molecule has 0 unspecified atom stereocenters. The van der Waals surface area contributed by atoms with E-state index in [4.69, 9.17) is 0 Å². The van der Waals surface area contributed by atoms with E-state index in [1.165, 1.54) is 0 Å². The van der Waals surface area contributed by atoms with Crippen molar-refractivity contribution in [2.24, 2.45) is 0 Å². The van der Waals surface area contributed by atoms with Crippen LogP contribution in [0, 0.1) is 26.7 Å². The molecule has 4 heteroatoms. The molecule has 0 amide bonds. The van der Waals surface area contributed by atoms with Crippen molar-refractivity contribution in [3.8, 4) is 0 Å². The smallest absolute Gasteiger partial charge is 0.698 e. The standard InChI is InChI=1S/2C6H6N.2Ir/c2*1-2-6-4-3-5-7-6;;/h2*2-5H,1H2;;/q2*-3;2*+3. The van der Waals surface area contributed by atoms with Gasteiger partial charge in [0, 0.05) is 0 Å². The molecule has 0 N–H and O–H groups in total. The van der Waals surface area contributed by atoms with Crippen LogP contribution in [0.1, 0.15) is 11.4 Å². The normalized spacial score (nSPS) is 7.62. The average molecular weight is 569 g/mol. The molecule has 2 rings (SSSR count). The summed E-state index contributed by atoms with van der Waals surface area (Å²) in [6.45, 7) is 7.08. The van der Waals surface area contributed by atoms with Gasteiger partial charge in [-0.15, -0.1) is 0 Å². The van der Waals surface area contributed by atoms with Gasteiger partial charge in [-0.1, -0.05) is 0 Å². The van der Waals surface area contributed by atoms with Crippen molar-refractivity contribution in [1.29, 1.82) is 0 Å². The van der Waals surface area contributed by atoms with Gasteiger partial charge in [-0.3, -0.25) is 0 Å². The quantitative estimate of drug-likeness (QED) is 0.519. The van der Waals surface area contributed by atoms with E-state index in [0.29, 0.717) is 0 Å². The summed E-state index contributed by atoms with van der Waals surface area (Å²) in [4.78, 5) is 7.83. The molecule has 0 atom stereocenters. The van der Waals surface area contributed by atoms with Gasteiger partial charge < -0.3 is 48.0 Å². The van der Waals surface area contributed by atoms with Gasteiger partial charge in [-0.05, 0) is 0 Å². The summed E-state index contributed by atoms with van der Waals surface area (Å²) in [5.74, 6) is 0. The first-order chi connectivity index (χ1) is 6.86. The Labute approximate surface area is 124 Å². The predicted octanol–water partition coefficient (Wildman–Crippen LogP) is 2.06. The van der Waals surface area contributed by atoms with Crippen LogP contribution in [0.25, 0.3) is 0 Å². The number of rotatable bonds is 2. The van der Waals surface area contributed by atoms with Crippen LogP contribution in [0.2, 0.25) is 0 Å². The monoisotopic (exact) mass is 570 g/mol. The summed E-state index contributed by atoms with van der Waals surface area (Å²) in [5, 5.41) is 0. The van der Waals surface area contributed by atoms with Crippen molar-refractivity contribution in [2.45, 2.75) is 0 Å². The largest absolute Gasteiger partial charge is 3.00 e. The molecule has 0 aromatic carbocycles. The van der Waals surface area contributed by atoms with Gasteiger partial charge in [0.05, 0.1) is 0 Å². The molecular weight excluding hydrogens is 557 g/mol. The van der Waals surface area contributed by atoms with E-state index in [0.717, 1.165) is 11.4 Å². The Kier molecular flexibility index (Phi) is 12.5. The first-order valence-corrected chi connectivity index (χ1v) is 4.27. The van der Waals surface area contributed by atoms with Crippen molar-refractivity contribution < 1.29 is 40.2 Å². The third-order valence-electron chi connectivity index (χ3n) is 1.57. The Bertz CT molecular complexity index is 280. The van der Waals surface area contributed by atoms with Crippen LogP contribution < -0.4 is 9.97 Å². The molecule has 16 heavy (non-hydrogen) atoms. The van der Waals surface area contributed by atoms with E-state index >= 15 is 0 Å². The second kappa shape index (κ2) is 11.1. The molecule has 88 valence electrons. The molecule has 0 fully saturated rings. The molecule has 2 heterocycles. The van der Waals surface area contributed by atoms with Crippen LogP contribution in [0.3, 0.4) is 0 Å². The maximum Gasteiger partial charge on any atom is 3.00 e. The van der Waals surface area contributed by atoms with Crippen LogP contribution in [0.4, 0.5) is 0 Å². The molecule has 0 spiro atoms. The van der Waals surface area contributed by atoms with Crippen molar-refractivity contribution in [1.82, 2.24) is 9.97 Å². The molecule has 2 aromatic rings. The molecule has 0 bridgehead atoms. The molecule has 2 nitrogen and oxygen atoms in total. The zero-order chi connectivity index (χ0) is 10.2. The first kappa shape index (κ1) is 18.0. The minimum atomic E-state index is 0. The fraction of sp³-hybridized carbons (Fsp3) is 0. The maximum atomic E-state index is 3.92. The minimum absolute atomic E-state index is 0. The van der Waals surface area contributed by atoms with E-state index in [2.05, 4.69) is 23.8 Å². The Morgan fingerprint density at radius 2 is 1.19 bits per heavy atom. The van der Waals surface area contributed by atoms with E-state index in [9.17, 15) is 0 Å². The Morgan fingerprint density at radius 1 is 0.812 bits per heavy atom. The van der Waals surface area contributed by atoms with Crippen molar-refractivity contribution in [3.05, 3.63) is 74.7 Å². The predicted molar refractivity (Wildman–Crippen MR) is 57.0 cm³/mol. The van der Waals surface area contributed by atoms with E-state index in [1.54, 1.807) is 25.2 Å². The second-order valence-corrected chi connectivity index (χ2v) is 2.53. The summed E-state index contributed by atoms with van der Waals surface area (Å²) in [6, 6.07) is 7.59. The molecule has 0 aliphatic rings. The van der Waals surface area contributed by atoms with Crippen molar-refractivity contribution >= 4 is 0 Å². The molecule has 0 saturated carbocycles.